The minimum absolute atomic E-state index is 0.0300. The summed E-state index contributed by atoms with van der Waals surface area (Å²) in [5.74, 6) is 1.44. The quantitative estimate of drug-likeness (QED) is 0.810. The van der Waals surface area contributed by atoms with Crippen LogP contribution in [0.2, 0.25) is 0 Å². The summed E-state index contributed by atoms with van der Waals surface area (Å²) in [6.45, 7) is 3.16. The third-order valence-corrected chi connectivity index (χ3v) is 4.52. The molecular formula is C15H18N4O2S. The van der Waals surface area contributed by atoms with E-state index in [9.17, 15) is 4.79 Å². The summed E-state index contributed by atoms with van der Waals surface area (Å²) in [5, 5.41) is 4.77. The molecule has 2 aromatic heterocycles. The standard InChI is InChI=1S/C15H18N4O2S/c1-10-17-13(18-21-10)11-5-4-8-19(9-11)15(20)12-6-3-7-16-14(12)22-2/h3,6-7,11H,4-5,8-9H2,1-2H3/t11-/m0/s1. The van der Waals surface area contributed by atoms with E-state index in [-0.39, 0.29) is 11.8 Å². The topological polar surface area (TPSA) is 72.1 Å². The fraction of sp³-hybridized carbons (Fsp3) is 0.467. The smallest absolute Gasteiger partial charge is 0.256 e. The molecule has 1 atom stereocenters. The van der Waals surface area contributed by atoms with Crippen molar-refractivity contribution < 1.29 is 9.32 Å². The van der Waals surface area contributed by atoms with Crippen LogP contribution in [-0.2, 0) is 0 Å². The van der Waals surface area contributed by atoms with Crippen molar-refractivity contribution in [1.82, 2.24) is 20.0 Å². The lowest BCUT2D eigenvalue weighted by Crippen LogP contribution is -2.39. The molecule has 7 heteroatoms. The molecular weight excluding hydrogens is 300 g/mol. The number of rotatable bonds is 3. The van der Waals surface area contributed by atoms with Gasteiger partial charge in [0.1, 0.15) is 5.03 Å². The summed E-state index contributed by atoms with van der Waals surface area (Å²) in [5.41, 5.74) is 0.667. The fourth-order valence-corrected chi connectivity index (χ4v) is 3.28. The molecule has 1 amide bonds. The zero-order valence-corrected chi connectivity index (χ0v) is 13.5. The van der Waals surface area contributed by atoms with Crippen LogP contribution >= 0.6 is 11.8 Å². The summed E-state index contributed by atoms with van der Waals surface area (Å²) < 4.78 is 5.06. The first kappa shape index (κ1) is 15.0. The van der Waals surface area contributed by atoms with E-state index in [1.54, 1.807) is 19.2 Å². The maximum atomic E-state index is 12.8. The minimum atomic E-state index is 0.0300. The molecule has 3 rings (SSSR count). The number of aryl methyl sites for hydroxylation is 1. The van der Waals surface area contributed by atoms with Gasteiger partial charge < -0.3 is 9.42 Å². The predicted molar refractivity (Wildman–Crippen MR) is 82.9 cm³/mol. The molecule has 0 bridgehead atoms. The van der Waals surface area contributed by atoms with Crippen molar-refractivity contribution in [2.24, 2.45) is 0 Å². The minimum Gasteiger partial charge on any atom is -0.340 e. The second kappa shape index (κ2) is 6.48. The van der Waals surface area contributed by atoms with Gasteiger partial charge in [-0.25, -0.2) is 4.98 Å². The zero-order valence-electron chi connectivity index (χ0n) is 12.7. The summed E-state index contributed by atoms with van der Waals surface area (Å²) in [7, 11) is 0. The van der Waals surface area contributed by atoms with Gasteiger partial charge in [-0.15, -0.1) is 11.8 Å². The molecule has 6 nitrogen and oxygen atoms in total. The number of nitrogens with zero attached hydrogens (tertiary/aromatic N) is 4. The number of likely N-dealkylation sites (tertiary alicyclic amines) is 1. The second-order valence-electron chi connectivity index (χ2n) is 5.32. The summed E-state index contributed by atoms with van der Waals surface area (Å²) in [4.78, 5) is 23.2. The van der Waals surface area contributed by atoms with Gasteiger partial charge in [0, 0.05) is 32.1 Å². The third kappa shape index (κ3) is 2.99. The lowest BCUT2D eigenvalue weighted by molar-refractivity contribution is 0.0699. The number of hydrogen-bond acceptors (Lipinski definition) is 6. The van der Waals surface area contributed by atoms with E-state index < -0.39 is 0 Å². The van der Waals surface area contributed by atoms with Gasteiger partial charge in [-0.1, -0.05) is 5.16 Å². The zero-order chi connectivity index (χ0) is 15.5. The van der Waals surface area contributed by atoms with Crippen molar-refractivity contribution in [3.8, 4) is 0 Å². The first-order valence-electron chi connectivity index (χ1n) is 7.27. The molecule has 116 valence electrons. The molecule has 1 aliphatic rings. The lowest BCUT2D eigenvalue weighted by atomic mass is 9.97. The van der Waals surface area contributed by atoms with E-state index in [0.717, 1.165) is 24.4 Å². The molecule has 2 aromatic rings. The van der Waals surface area contributed by atoms with Gasteiger partial charge in [-0.3, -0.25) is 4.79 Å². The van der Waals surface area contributed by atoms with Crippen LogP contribution in [0.15, 0.2) is 27.9 Å². The Hall–Kier alpha value is -1.89. The van der Waals surface area contributed by atoms with Crippen LogP contribution in [0, 0.1) is 6.92 Å². The Labute approximate surface area is 133 Å². The van der Waals surface area contributed by atoms with Gasteiger partial charge in [0.2, 0.25) is 5.89 Å². The predicted octanol–water partition coefficient (Wildman–Crippen LogP) is 2.51. The lowest BCUT2D eigenvalue weighted by Gasteiger charge is -2.31. The molecule has 0 N–H and O–H groups in total. The number of carbonyl (C=O) groups is 1. The molecule has 1 fully saturated rings. The highest BCUT2D eigenvalue weighted by molar-refractivity contribution is 7.98. The van der Waals surface area contributed by atoms with Crippen molar-refractivity contribution in [2.45, 2.75) is 30.7 Å². The molecule has 22 heavy (non-hydrogen) atoms. The third-order valence-electron chi connectivity index (χ3n) is 3.81. The Morgan fingerprint density at radius 3 is 3.09 bits per heavy atom. The van der Waals surface area contributed by atoms with Gasteiger partial charge in [-0.2, -0.15) is 4.98 Å². The SMILES string of the molecule is CSc1ncccc1C(=O)N1CCC[C@H](c2noc(C)n2)C1. The highest BCUT2D eigenvalue weighted by Crippen LogP contribution is 2.27. The van der Waals surface area contributed by atoms with Gasteiger partial charge >= 0.3 is 0 Å². The number of thioether (sulfide) groups is 1. The monoisotopic (exact) mass is 318 g/mol. The highest BCUT2D eigenvalue weighted by atomic mass is 32.2. The van der Waals surface area contributed by atoms with E-state index in [0.29, 0.717) is 23.8 Å². The molecule has 0 aromatic carbocycles. The number of pyridine rings is 1. The van der Waals surface area contributed by atoms with Gasteiger partial charge in [-0.05, 0) is 31.2 Å². The maximum Gasteiger partial charge on any atom is 0.256 e. The van der Waals surface area contributed by atoms with Crippen LogP contribution < -0.4 is 0 Å². The average Bonchev–Trinajstić information content (AvgIpc) is 3.01. The van der Waals surface area contributed by atoms with Crippen LogP contribution in [0.1, 0.15) is 40.8 Å². The number of piperidine rings is 1. The van der Waals surface area contributed by atoms with Crippen molar-refractivity contribution in [1.29, 1.82) is 0 Å². The second-order valence-corrected chi connectivity index (χ2v) is 6.12. The summed E-state index contributed by atoms with van der Waals surface area (Å²) >= 11 is 1.49. The normalized spacial score (nSPS) is 18.5. The van der Waals surface area contributed by atoms with Gasteiger partial charge in [0.05, 0.1) is 5.56 Å². The van der Waals surface area contributed by atoms with Crippen molar-refractivity contribution in [3.05, 3.63) is 35.6 Å². The Morgan fingerprint density at radius 2 is 2.36 bits per heavy atom. The Balaban J connectivity index is 1.78. The van der Waals surface area contributed by atoms with Crippen LogP contribution in [-0.4, -0.2) is 45.3 Å². The molecule has 3 heterocycles. The van der Waals surface area contributed by atoms with Crippen LogP contribution in [0.25, 0.3) is 0 Å². The Kier molecular flexibility index (Phi) is 4.42. The van der Waals surface area contributed by atoms with Gasteiger partial charge in [0.15, 0.2) is 5.82 Å². The van der Waals surface area contributed by atoms with Gasteiger partial charge in [0.25, 0.3) is 5.91 Å². The van der Waals surface area contributed by atoms with Crippen molar-refractivity contribution >= 4 is 17.7 Å². The Bertz CT molecular complexity index is 673. The van der Waals surface area contributed by atoms with E-state index in [1.165, 1.54) is 11.8 Å². The van der Waals surface area contributed by atoms with E-state index in [4.69, 9.17) is 4.52 Å². The summed E-state index contributed by atoms with van der Waals surface area (Å²) in [6, 6.07) is 3.64. The van der Waals surface area contributed by atoms with Crippen LogP contribution in [0.3, 0.4) is 0 Å². The van der Waals surface area contributed by atoms with Crippen LogP contribution in [0.4, 0.5) is 0 Å². The highest BCUT2D eigenvalue weighted by Gasteiger charge is 2.29. The summed E-state index contributed by atoms with van der Waals surface area (Å²) in [6.07, 6.45) is 5.56. The Morgan fingerprint density at radius 1 is 1.50 bits per heavy atom. The van der Waals surface area contributed by atoms with Crippen molar-refractivity contribution in [3.63, 3.8) is 0 Å². The average molecular weight is 318 g/mol. The molecule has 0 spiro atoms. The molecule has 0 aliphatic carbocycles. The number of carbonyl (C=O) groups excluding carboxylic acids is 1. The van der Waals surface area contributed by atoms with E-state index in [2.05, 4.69) is 15.1 Å². The first-order valence-corrected chi connectivity index (χ1v) is 8.50. The van der Waals surface area contributed by atoms with Crippen LogP contribution in [0.5, 0.6) is 0 Å². The molecule has 0 saturated carbocycles. The number of hydrogen-bond donors (Lipinski definition) is 0. The largest absolute Gasteiger partial charge is 0.340 e. The van der Waals surface area contributed by atoms with Crippen molar-refractivity contribution in [2.75, 3.05) is 19.3 Å². The molecule has 0 radical (unpaired) electrons. The number of amides is 1. The van der Waals surface area contributed by atoms with E-state index in [1.807, 2.05) is 17.2 Å². The maximum absolute atomic E-state index is 12.8. The molecule has 1 saturated heterocycles. The van der Waals surface area contributed by atoms with E-state index >= 15 is 0 Å². The first-order chi connectivity index (χ1) is 10.7. The fourth-order valence-electron chi connectivity index (χ4n) is 2.74. The molecule has 1 aliphatic heterocycles. The molecule has 0 unspecified atom stereocenters. The number of aromatic nitrogens is 3.